The highest BCUT2D eigenvalue weighted by atomic mass is 16.4. The lowest BCUT2D eigenvalue weighted by atomic mass is 10.0. The van der Waals surface area contributed by atoms with Gasteiger partial charge in [-0.3, -0.25) is 4.79 Å². The third kappa shape index (κ3) is 3.29. The van der Waals surface area contributed by atoms with Crippen molar-refractivity contribution in [3.05, 3.63) is 47.7 Å². The van der Waals surface area contributed by atoms with E-state index in [1.165, 1.54) is 6.42 Å². The number of carbonyl (C=O) groups excluding carboxylic acids is 1. The second-order valence-corrected chi connectivity index (χ2v) is 5.66. The molecule has 0 N–H and O–H groups in total. The summed E-state index contributed by atoms with van der Waals surface area (Å²) in [4.78, 5) is 14.2. The van der Waals surface area contributed by atoms with Crippen molar-refractivity contribution in [2.45, 2.75) is 26.2 Å². The van der Waals surface area contributed by atoms with Gasteiger partial charge in [0.1, 0.15) is 0 Å². The van der Waals surface area contributed by atoms with Crippen molar-refractivity contribution < 1.29 is 9.21 Å². The number of nitrogens with zero attached hydrogens (tertiary/aromatic N) is 3. The Hall–Kier alpha value is -2.17. The molecule has 21 heavy (non-hydrogen) atoms. The molecule has 1 aliphatic rings. The maximum Gasteiger partial charge on any atom is 0.311 e. The van der Waals surface area contributed by atoms with Gasteiger partial charge in [-0.15, -0.1) is 10.2 Å². The Morgan fingerprint density at radius 3 is 2.90 bits per heavy atom. The van der Waals surface area contributed by atoms with Gasteiger partial charge in [0.25, 0.3) is 0 Å². The summed E-state index contributed by atoms with van der Waals surface area (Å²) >= 11 is 0. The van der Waals surface area contributed by atoms with Crippen LogP contribution in [0.1, 0.15) is 41.9 Å². The maximum atomic E-state index is 12.3. The molecule has 110 valence electrons. The molecule has 0 bridgehead atoms. The molecule has 1 saturated heterocycles. The van der Waals surface area contributed by atoms with E-state index in [1.54, 1.807) is 0 Å². The second-order valence-electron chi connectivity index (χ2n) is 5.66. The molecule has 1 aromatic heterocycles. The number of likely N-dealkylation sites (tertiary alicyclic amines) is 1. The van der Waals surface area contributed by atoms with E-state index in [0.717, 1.165) is 25.1 Å². The van der Waals surface area contributed by atoms with Gasteiger partial charge in [-0.05, 0) is 24.3 Å². The van der Waals surface area contributed by atoms with Crippen LogP contribution >= 0.6 is 0 Å². The van der Waals surface area contributed by atoms with Crippen molar-refractivity contribution in [2.75, 3.05) is 13.1 Å². The first kappa shape index (κ1) is 13.8. The summed E-state index contributed by atoms with van der Waals surface area (Å²) in [6, 6.07) is 9.89. The van der Waals surface area contributed by atoms with E-state index in [4.69, 9.17) is 4.42 Å². The normalized spacial score (nSPS) is 18.7. The van der Waals surface area contributed by atoms with Crippen molar-refractivity contribution in [3.63, 3.8) is 0 Å². The predicted octanol–water partition coefficient (Wildman–Crippen LogP) is 2.53. The van der Waals surface area contributed by atoms with Gasteiger partial charge in [-0.1, -0.05) is 37.3 Å². The van der Waals surface area contributed by atoms with Crippen LogP contribution in [0.4, 0.5) is 0 Å². The average Bonchev–Trinajstić information content (AvgIpc) is 2.96. The van der Waals surface area contributed by atoms with Crippen LogP contribution in [0.25, 0.3) is 0 Å². The van der Waals surface area contributed by atoms with Crippen LogP contribution in [0, 0.1) is 5.92 Å². The largest absolute Gasteiger partial charge is 0.417 e. The molecule has 3 rings (SSSR count). The van der Waals surface area contributed by atoms with Crippen molar-refractivity contribution in [2.24, 2.45) is 5.92 Å². The van der Waals surface area contributed by atoms with Gasteiger partial charge in [-0.2, -0.15) is 0 Å². The molecule has 5 nitrogen and oxygen atoms in total. The van der Waals surface area contributed by atoms with E-state index < -0.39 is 0 Å². The van der Waals surface area contributed by atoms with Crippen LogP contribution < -0.4 is 0 Å². The van der Waals surface area contributed by atoms with Crippen LogP contribution in [0.15, 0.2) is 34.7 Å². The highest BCUT2D eigenvalue weighted by molar-refractivity contribution is 5.89. The third-order valence-corrected chi connectivity index (χ3v) is 3.79. The molecule has 1 amide bonds. The minimum Gasteiger partial charge on any atom is -0.417 e. The highest BCUT2D eigenvalue weighted by Crippen LogP contribution is 2.18. The summed E-state index contributed by atoms with van der Waals surface area (Å²) in [6.45, 7) is 3.71. The first-order valence-electron chi connectivity index (χ1n) is 7.38. The zero-order chi connectivity index (χ0) is 14.7. The fraction of sp³-hybridized carbons (Fsp3) is 0.438. The number of piperidine rings is 1. The Morgan fingerprint density at radius 2 is 2.14 bits per heavy atom. The van der Waals surface area contributed by atoms with Gasteiger partial charge < -0.3 is 9.32 Å². The average molecular weight is 285 g/mol. The Morgan fingerprint density at radius 1 is 1.33 bits per heavy atom. The van der Waals surface area contributed by atoms with Gasteiger partial charge >= 0.3 is 11.8 Å². The van der Waals surface area contributed by atoms with Gasteiger partial charge in [0.05, 0.1) is 6.42 Å². The van der Waals surface area contributed by atoms with Gasteiger partial charge in [0.2, 0.25) is 5.89 Å². The van der Waals surface area contributed by atoms with E-state index in [9.17, 15) is 4.79 Å². The van der Waals surface area contributed by atoms with Gasteiger partial charge in [-0.25, -0.2) is 0 Å². The summed E-state index contributed by atoms with van der Waals surface area (Å²) in [5, 5.41) is 7.89. The number of aromatic nitrogens is 2. The van der Waals surface area contributed by atoms with Crippen LogP contribution in [-0.2, 0) is 6.42 Å². The van der Waals surface area contributed by atoms with Crippen LogP contribution in [-0.4, -0.2) is 34.1 Å². The van der Waals surface area contributed by atoms with Crippen molar-refractivity contribution in [1.29, 1.82) is 0 Å². The molecule has 0 aliphatic carbocycles. The summed E-state index contributed by atoms with van der Waals surface area (Å²) in [6.07, 6.45) is 2.77. The van der Waals surface area contributed by atoms with Crippen LogP contribution in [0.5, 0.6) is 0 Å². The van der Waals surface area contributed by atoms with Crippen molar-refractivity contribution >= 4 is 5.91 Å². The molecule has 1 aliphatic heterocycles. The molecule has 0 saturated carbocycles. The summed E-state index contributed by atoms with van der Waals surface area (Å²) < 4.78 is 5.52. The molecule has 1 atom stereocenters. The Balaban J connectivity index is 1.68. The lowest BCUT2D eigenvalue weighted by Gasteiger charge is -2.29. The lowest BCUT2D eigenvalue weighted by Crippen LogP contribution is -2.39. The standard InChI is InChI=1S/C16H19N3O2/c1-12-6-5-9-19(11-12)16(20)15-18-17-14(21-15)10-13-7-3-2-4-8-13/h2-4,7-8,12H,5-6,9-11H2,1H3. The monoisotopic (exact) mass is 285 g/mol. The molecule has 1 aromatic carbocycles. The zero-order valence-corrected chi connectivity index (χ0v) is 12.2. The number of hydrogen-bond acceptors (Lipinski definition) is 4. The summed E-state index contributed by atoms with van der Waals surface area (Å²) in [5.74, 6) is 0.979. The molecule has 0 spiro atoms. The first-order chi connectivity index (χ1) is 10.2. The lowest BCUT2D eigenvalue weighted by molar-refractivity contribution is 0.0641. The van der Waals surface area contributed by atoms with E-state index in [-0.39, 0.29) is 11.8 Å². The molecule has 1 fully saturated rings. The summed E-state index contributed by atoms with van der Waals surface area (Å²) in [5.41, 5.74) is 1.09. The summed E-state index contributed by atoms with van der Waals surface area (Å²) in [7, 11) is 0. The number of amides is 1. The second kappa shape index (κ2) is 6.08. The Bertz CT molecular complexity index is 609. The third-order valence-electron chi connectivity index (χ3n) is 3.79. The van der Waals surface area contributed by atoms with Crippen LogP contribution in [0.3, 0.4) is 0 Å². The van der Waals surface area contributed by atoms with E-state index in [1.807, 2.05) is 35.2 Å². The molecule has 0 radical (unpaired) electrons. The van der Waals surface area contributed by atoms with Gasteiger partial charge in [0, 0.05) is 13.1 Å². The highest BCUT2D eigenvalue weighted by Gasteiger charge is 2.26. The number of carbonyl (C=O) groups is 1. The fourth-order valence-electron chi connectivity index (χ4n) is 2.69. The molecular weight excluding hydrogens is 266 g/mol. The molecule has 5 heteroatoms. The minimum absolute atomic E-state index is 0.107. The first-order valence-corrected chi connectivity index (χ1v) is 7.38. The van der Waals surface area contributed by atoms with E-state index in [0.29, 0.717) is 18.2 Å². The predicted molar refractivity (Wildman–Crippen MR) is 77.8 cm³/mol. The smallest absolute Gasteiger partial charge is 0.311 e. The van der Waals surface area contributed by atoms with Crippen molar-refractivity contribution in [1.82, 2.24) is 15.1 Å². The van der Waals surface area contributed by atoms with E-state index in [2.05, 4.69) is 17.1 Å². The van der Waals surface area contributed by atoms with Crippen molar-refractivity contribution in [3.8, 4) is 0 Å². The zero-order valence-electron chi connectivity index (χ0n) is 12.2. The Kier molecular flexibility index (Phi) is 3.99. The molecular formula is C16H19N3O2. The molecule has 1 unspecified atom stereocenters. The topological polar surface area (TPSA) is 59.2 Å². The molecule has 2 aromatic rings. The SMILES string of the molecule is CC1CCCN(C(=O)c2nnc(Cc3ccccc3)o2)C1. The van der Waals surface area contributed by atoms with Crippen LogP contribution in [0.2, 0.25) is 0 Å². The minimum atomic E-state index is -0.145. The quantitative estimate of drug-likeness (QED) is 0.869. The van der Waals surface area contributed by atoms with E-state index >= 15 is 0 Å². The fourth-order valence-corrected chi connectivity index (χ4v) is 2.69. The molecule has 2 heterocycles. The maximum absolute atomic E-state index is 12.3. The van der Waals surface area contributed by atoms with Gasteiger partial charge in [0.15, 0.2) is 0 Å². The number of rotatable bonds is 3. The Labute approximate surface area is 124 Å². The number of benzene rings is 1. The number of hydrogen-bond donors (Lipinski definition) is 0.